The second-order valence-corrected chi connectivity index (χ2v) is 8.08. The van der Waals surface area contributed by atoms with Gasteiger partial charge in [-0.05, 0) is 36.4 Å². The Bertz CT molecular complexity index is 1640. The second kappa shape index (κ2) is 9.20. The lowest BCUT2D eigenvalue weighted by Crippen LogP contribution is -2.30. The van der Waals surface area contributed by atoms with Gasteiger partial charge in [-0.2, -0.15) is 0 Å². The van der Waals surface area contributed by atoms with E-state index in [9.17, 15) is 14.0 Å². The number of halogens is 3. The van der Waals surface area contributed by atoms with Crippen molar-refractivity contribution < 1.29 is 9.18 Å². The van der Waals surface area contributed by atoms with Gasteiger partial charge in [0, 0.05) is 34.7 Å². The second-order valence-electron chi connectivity index (χ2n) is 7.25. The van der Waals surface area contributed by atoms with Crippen LogP contribution < -0.4 is 10.9 Å². The van der Waals surface area contributed by atoms with Crippen LogP contribution in [0.2, 0.25) is 10.2 Å². The van der Waals surface area contributed by atoms with Crippen molar-refractivity contribution in [3.63, 3.8) is 0 Å². The van der Waals surface area contributed by atoms with Crippen molar-refractivity contribution in [3.8, 4) is 16.9 Å². The van der Waals surface area contributed by atoms with Crippen LogP contribution in [0.25, 0.3) is 28.0 Å². The molecule has 13 heteroatoms. The molecular formula is C22H13Cl2FN8O2. The van der Waals surface area contributed by atoms with E-state index in [1.54, 1.807) is 36.4 Å². The topological polar surface area (TPSA) is 120 Å². The molecule has 3 aromatic heterocycles. The third-order valence-electron chi connectivity index (χ3n) is 4.98. The Labute approximate surface area is 206 Å². The van der Waals surface area contributed by atoms with Crippen molar-refractivity contribution in [2.24, 2.45) is 0 Å². The molecule has 3 heterocycles. The maximum atomic E-state index is 15.0. The number of benzene rings is 2. The minimum absolute atomic E-state index is 0.166. The van der Waals surface area contributed by atoms with Gasteiger partial charge in [0.25, 0.3) is 17.8 Å². The van der Waals surface area contributed by atoms with Gasteiger partial charge >= 0.3 is 0 Å². The molecule has 0 bridgehead atoms. The van der Waals surface area contributed by atoms with Crippen molar-refractivity contribution in [1.82, 2.24) is 34.5 Å². The summed E-state index contributed by atoms with van der Waals surface area (Å²) >= 11 is 12.0. The standard InChI is InChI=1S/C22H13Cl2FN8O2/c23-12-1-4-18(33-10-19(24)30-31-33)14(7-12)16-9-20(34)32(11-28-16)21(25)22(35)29-13-2-3-15-17(8-13)27-6-5-26-15/h1-11,21H,(H,29,35). The fourth-order valence-electron chi connectivity index (χ4n) is 3.37. The Balaban J connectivity index is 1.42. The molecule has 0 spiro atoms. The van der Waals surface area contributed by atoms with Crippen LogP contribution in [0.1, 0.15) is 6.30 Å². The first kappa shape index (κ1) is 22.6. The van der Waals surface area contributed by atoms with Crippen LogP contribution in [0.5, 0.6) is 0 Å². The van der Waals surface area contributed by atoms with Crippen molar-refractivity contribution in [3.05, 3.63) is 87.9 Å². The zero-order chi connectivity index (χ0) is 24.5. The summed E-state index contributed by atoms with van der Waals surface area (Å²) in [4.78, 5) is 37.6. The summed E-state index contributed by atoms with van der Waals surface area (Å²) in [5.41, 5.74) is 1.77. The number of alkyl halides is 1. The summed E-state index contributed by atoms with van der Waals surface area (Å²) in [6.45, 7) is 0. The van der Waals surface area contributed by atoms with E-state index < -0.39 is 17.8 Å². The molecule has 10 nitrogen and oxygen atoms in total. The molecule has 0 saturated heterocycles. The highest BCUT2D eigenvalue weighted by Crippen LogP contribution is 2.28. The molecule has 1 unspecified atom stereocenters. The molecule has 2 aromatic carbocycles. The molecule has 1 N–H and O–H groups in total. The molecule has 0 aliphatic carbocycles. The number of carbonyl (C=O) groups excluding carboxylic acids is 1. The van der Waals surface area contributed by atoms with Crippen LogP contribution in [0.3, 0.4) is 0 Å². The lowest BCUT2D eigenvalue weighted by atomic mass is 10.1. The van der Waals surface area contributed by atoms with Gasteiger partial charge in [0.15, 0.2) is 5.15 Å². The highest BCUT2D eigenvalue weighted by atomic mass is 35.5. The van der Waals surface area contributed by atoms with Gasteiger partial charge in [0.2, 0.25) is 0 Å². The molecule has 174 valence electrons. The van der Waals surface area contributed by atoms with E-state index in [2.05, 4.69) is 30.6 Å². The molecule has 5 aromatic rings. The van der Waals surface area contributed by atoms with Crippen LogP contribution in [0.4, 0.5) is 10.1 Å². The summed E-state index contributed by atoms with van der Waals surface area (Å²) in [6, 6.07) is 10.7. The monoisotopic (exact) mass is 510 g/mol. The highest BCUT2D eigenvalue weighted by Gasteiger charge is 2.22. The summed E-state index contributed by atoms with van der Waals surface area (Å²) in [5.74, 6) is -1.05. The molecular weight excluding hydrogens is 498 g/mol. The number of amides is 1. The Kier molecular flexibility index (Phi) is 5.93. The molecule has 0 saturated carbocycles. The minimum atomic E-state index is -2.32. The Hall–Kier alpha value is -4.22. The summed E-state index contributed by atoms with van der Waals surface area (Å²) in [7, 11) is 0. The van der Waals surface area contributed by atoms with Crippen molar-refractivity contribution in [2.45, 2.75) is 6.30 Å². The minimum Gasteiger partial charge on any atom is -0.322 e. The number of rotatable bonds is 5. The van der Waals surface area contributed by atoms with Crippen LogP contribution in [-0.2, 0) is 4.79 Å². The third kappa shape index (κ3) is 4.59. The van der Waals surface area contributed by atoms with E-state index in [1.807, 2.05) is 0 Å². The molecule has 35 heavy (non-hydrogen) atoms. The van der Waals surface area contributed by atoms with Gasteiger partial charge in [0.05, 0.1) is 28.6 Å². The van der Waals surface area contributed by atoms with Crippen molar-refractivity contribution in [2.75, 3.05) is 5.32 Å². The smallest absolute Gasteiger partial charge is 0.280 e. The lowest BCUT2D eigenvalue weighted by Gasteiger charge is -2.13. The number of hydrogen-bond acceptors (Lipinski definition) is 7. The molecule has 0 aliphatic heterocycles. The Morgan fingerprint density at radius 1 is 1.00 bits per heavy atom. The number of nitrogens with zero attached hydrogens (tertiary/aromatic N) is 7. The zero-order valence-electron chi connectivity index (χ0n) is 17.5. The van der Waals surface area contributed by atoms with Crippen LogP contribution in [-0.4, -0.2) is 40.4 Å². The SMILES string of the molecule is O=C(Nc1ccc2nccnc2c1)C(F)n1cnc(-c2cc(Cl)ccc2-n2cc(Cl)nn2)cc1=O. The van der Waals surface area contributed by atoms with E-state index in [0.29, 0.717) is 37.6 Å². The van der Waals surface area contributed by atoms with Gasteiger partial charge in [-0.3, -0.25) is 24.1 Å². The number of anilines is 1. The van der Waals surface area contributed by atoms with Crippen LogP contribution in [0.15, 0.2) is 72.2 Å². The van der Waals surface area contributed by atoms with Gasteiger partial charge in [-0.15, -0.1) is 5.10 Å². The zero-order valence-corrected chi connectivity index (χ0v) is 19.0. The average molecular weight is 511 g/mol. The molecule has 0 aliphatic rings. The maximum absolute atomic E-state index is 15.0. The Morgan fingerprint density at radius 3 is 2.54 bits per heavy atom. The lowest BCUT2D eigenvalue weighted by molar-refractivity contribution is -0.123. The normalized spacial score (nSPS) is 12.0. The first-order valence-electron chi connectivity index (χ1n) is 10.0. The molecule has 0 radical (unpaired) electrons. The van der Waals surface area contributed by atoms with Gasteiger partial charge in [-0.1, -0.05) is 28.4 Å². The number of carbonyl (C=O) groups is 1. The van der Waals surface area contributed by atoms with Crippen molar-refractivity contribution >= 4 is 45.8 Å². The molecule has 1 amide bonds. The van der Waals surface area contributed by atoms with Gasteiger partial charge in [-0.25, -0.2) is 14.1 Å². The summed E-state index contributed by atoms with van der Waals surface area (Å²) in [5, 5.41) is 10.6. The fraction of sp³-hybridized carbons (Fsp3) is 0.0455. The van der Waals surface area contributed by atoms with E-state index in [4.69, 9.17) is 23.2 Å². The first-order valence-corrected chi connectivity index (χ1v) is 10.8. The average Bonchev–Trinajstić information content (AvgIpc) is 3.29. The van der Waals surface area contributed by atoms with E-state index in [-0.39, 0.29) is 10.8 Å². The predicted molar refractivity (Wildman–Crippen MR) is 127 cm³/mol. The maximum Gasteiger partial charge on any atom is 0.280 e. The third-order valence-corrected chi connectivity index (χ3v) is 5.39. The number of aromatic nitrogens is 7. The molecule has 0 fully saturated rings. The number of nitrogens with one attached hydrogen (secondary N) is 1. The number of hydrogen-bond donors (Lipinski definition) is 1. The van der Waals surface area contributed by atoms with E-state index >= 15 is 0 Å². The fourth-order valence-corrected chi connectivity index (χ4v) is 3.67. The van der Waals surface area contributed by atoms with E-state index in [0.717, 1.165) is 12.4 Å². The molecule has 1 atom stereocenters. The summed E-state index contributed by atoms with van der Waals surface area (Å²) < 4.78 is 16.9. The van der Waals surface area contributed by atoms with Gasteiger partial charge < -0.3 is 5.32 Å². The highest BCUT2D eigenvalue weighted by molar-refractivity contribution is 6.31. The quantitative estimate of drug-likeness (QED) is 0.381. The number of fused-ring (bicyclic) bond motifs is 1. The predicted octanol–water partition coefficient (Wildman–Crippen LogP) is 3.85. The van der Waals surface area contributed by atoms with Crippen molar-refractivity contribution in [1.29, 1.82) is 0 Å². The van der Waals surface area contributed by atoms with Crippen LogP contribution >= 0.6 is 23.2 Å². The van der Waals surface area contributed by atoms with Gasteiger partial charge in [0.1, 0.15) is 6.33 Å². The largest absolute Gasteiger partial charge is 0.322 e. The summed E-state index contributed by atoms with van der Waals surface area (Å²) in [6.07, 6.45) is 3.13. The Morgan fingerprint density at radius 2 is 1.80 bits per heavy atom. The molecule has 5 rings (SSSR count). The van der Waals surface area contributed by atoms with E-state index in [1.165, 1.54) is 23.3 Å². The first-order chi connectivity index (χ1) is 16.9. The van der Waals surface area contributed by atoms with Crippen LogP contribution in [0, 0.1) is 0 Å².